The molecule has 0 amide bonds. The average molecular weight is 340 g/mol. The zero-order valence-corrected chi connectivity index (χ0v) is 13.1. The fourth-order valence-corrected chi connectivity index (χ4v) is 2.36. The van der Waals surface area contributed by atoms with Crippen LogP contribution in [0.4, 0.5) is 5.95 Å². The molecule has 0 N–H and O–H groups in total. The van der Waals surface area contributed by atoms with Gasteiger partial charge in [0.15, 0.2) is 0 Å². The van der Waals surface area contributed by atoms with Crippen LogP contribution in [-0.4, -0.2) is 27.5 Å². The number of anilines is 1. The van der Waals surface area contributed by atoms with Crippen molar-refractivity contribution in [2.45, 2.75) is 11.4 Å². The molecule has 1 aromatic carbocycles. The van der Waals surface area contributed by atoms with Crippen LogP contribution in [0.15, 0.2) is 46.0 Å². The van der Waals surface area contributed by atoms with Gasteiger partial charge in [-0.3, -0.25) is 4.21 Å². The van der Waals surface area contributed by atoms with Crippen molar-refractivity contribution in [3.05, 3.63) is 46.7 Å². The summed E-state index contributed by atoms with van der Waals surface area (Å²) < 4.78 is 12.2. The van der Waals surface area contributed by atoms with E-state index in [4.69, 9.17) is 0 Å². The summed E-state index contributed by atoms with van der Waals surface area (Å²) >= 11 is 3.31. The minimum Gasteiger partial charge on any atom is -0.340 e. The highest BCUT2D eigenvalue weighted by molar-refractivity contribution is 9.10. The average Bonchev–Trinajstić information content (AvgIpc) is 2.40. The molecule has 19 heavy (non-hydrogen) atoms. The molecule has 0 saturated heterocycles. The van der Waals surface area contributed by atoms with Gasteiger partial charge in [0.1, 0.15) is 0 Å². The molecule has 4 nitrogen and oxygen atoms in total. The van der Waals surface area contributed by atoms with E-state index in [1.54, 1.807) is 18.6 Å². The first-order valence-electron chi connectivity index (χ1n) is 5.67. The van der Waals surface area contributed by atoms with E-state index in [1.807, 2.05) is 36.2 Å². The molecule has 0 saturated carbocycles. The fourth-order valence-electron chi connectivity index (χ4n) is 1.63. The van der Waals surface area contributed by atoms with Crippen molar-refractivity contribution in [1.82, 2.24) is 9.97 Å². The van der Waals surface area contributed by atoms with Crippen LogP contribution in [0.5, 0.6) is 0 Å². The van der Waals surface area contributed by atoms with Gasteiger partial charge in [-0.25, -0.2) is 9.97 Å². The summed E-state index contributed by atoms with van der Waals surface area (Å²) in [4.78, 5) is 11.3. The molecule has 0 aliphatic heterocycles. The van der Waals surface area contributed by atoms with Crippen LogP contribution in [0.2, 0.25) is 0 Å². The monoisotopic (exact) mass is 339 g/mol. The fraction of sp³-hybridized carbons (Fsp3) is 0.231. The van der Waals surface area contributed by atoms with Crippen molar-refractivity contribution in [3.63, 3.8) is 0 Å². The summed E-state index contributed by atoms with van der Waals surface area (Å²) in [6.07, 6.45) is 5.13. The smallest absolute Gasteiger partial charge is 0.225 e. The molecule has 0 aliphatic rings. The molecule has 6 heteroatoms. The summed E-state index contributed by atoms with van der Waals surface area (Å²) in [6, 6.07) is 7.74. The van der Waals surface area contributed by atoms with Gasteiger partial charge in [0, 0.05) is 47.9 Å². The molecule has 0 spiro atoms. The van der Waals surface area contributed by atoms with Crippen molar-refractivity contribution >= 4 is 32.7 Å². The first kappa shape index (κ1) is 14.1. The van der Waals surface area contributed by atoms with Crippen molar-refractivity contribution in [2.24, 2.45) is 0 Å². The van der Waals surface area contributed by atoms with E-state index in [9.17, 15) is 4.21 Å². The number of halogens is 1. The number of rotatable bonds is 4. The molecule has 0 fully saturated rings. The number of nitrogens with zero attached hydrogens (tertiary/aromatic N) is 3. The zero-order chi connectivity index (χ0) is 13.8. The maximum Gasteiger partial charge on any atom is 0.225 e. The Morgan fingerprint density at radius 2 is 1.79 bits per heavy atom. The predicted molar refractivity (Wildman–Crippen MR) is 80.6 cm³/mol. The molecule has 0 radical (unpaired) electrons. The van der Waals surface area contributed by atoms with Crippen LogP contribution >= 0.6 is 15.9 Å². The minimum absolute atomic E-state index is 0.673. The Hall–Kier alpha value is -1.27. The van der Waals surface area contributed by atoms with Gasteiger partial charge in [-0.2, -0.15) is 0 Å². The maximum atomic E-state index is 11.3. The van der Waals surface area contributed by atoms with Crippen LogP contribution in [-0.2, 0) is 17.3 Å². The second-order valence-electron chi connectivity index (χ2n) is 4.16. The third kappa shape index (κ3) is 3.84. The summed E-state index contributed by atoms with van der Waals surface area (Å²) in [6.45, 7) is 0.707. The van der Waals surface area contributed by atoms with Gasteiger partial charge in [-0.05, 0) is 33.6 Å². The number of hydrogen-bond donors (Lipinski definition) is 0. The molecule has 100 valence electrons. The quantitative estimate of drug-likeness (QED) is 0.858. The maximum absolute atomic E-state index is 11.3. The van der Waals surface area contributed by atoms with E-state index >= 15 is 0 Å². The van der Waals surface area contributed by atoms with Crippen molar-refractivity contribution < 1.29 is 4.21 Å². The Labute approximate surface area is 123 Å². The van der Waals surface area contributed by atoms with Gasteiger partial charge >= 0.3 is 0 Å². The van der Waals surface area contributed by atoms with Crippen LogP contribution in [0.3, 0.4) is 0 Å². The lowest BCUT2D eigenvalue weighted by molar-refractivity contribution is 0.686. The van der Waals surface area contributed by atoms with Gasteiger partial charge in [-0.15, -0.1) is 0 Å². The van der Waals surface area contributed by atoms with E-state index in [0.717, 1.165) is 14.9 Å². The van der Waals surface area contributed by atoms with Crippen LogP contribution in [0.1, 0.15) is 5.56 Å². The van der Waals surface area contributed by atoms with Gasteiger partial charge < -0.3 is 4.90 Å². The Bertz CT molecular complexity index is 571. The van der Waals surface area contributed by atoms with Gasteiger partial charge in [-0.1, -0.05) is 12.1 Å². The zero-order valence-electron chi connectivity index (χ0n) is 10.7. The molecule has 0 aliphatic carbocycles. The predicted octanol–water partition coefficient (Wildman–Crippen LogP) is 2.61. The molecule has 1 unspecified atom stereocenters. The second kappa shape index (κ2) is 6.25. The number of benzene rings is 1. The van der Waals surface area contributed by atoms with Gasteiger partial charge in [0.05, 0.1) is 4.47 Å². The lowest BCUT2D eigenvalue weighted by Crippen LogP contribution is -2.18. The molecule has 1 heterocycles. The normalized spacial score (nSPS) is 12.2. The summed E-state index contributed by atoms with van der Waals surface area (Å²) in [5.41, 5.74) is 1.13. The van der Waals surface area contributed by atoms with E-state index in [2.05, 4.69) is 25.9 Å². The Kier molecular flexibility index (Phi) is 4.66. The highest BCUT2D eigenvalue weighted by Crippen LogP contribution is 2.14. The third-order valence-corrected chi connectivity index (χ3v) is 3.97. The molecule has 1 atom stereocenters. The lowest BCUT2D eigenvalue weighted by atomic mass is 10.2. The largest absolute Gasteiger partial charge is 0.340 e. The highest BCUT2D eigenvalue weighted by Gasteiger charge is 2.05. The summed E-state index contributed by atoms with van der Waals surface area (Å²) in [5.74, 6) is 0.673. The van der Waals surface area contributed by atoms with Crippen molar-refractivity contribution in [1.29, 1.82) is 0 Å². The number of aromatic nitrogens is 2. The van der Waals surface area contributed by atoms with Gasteiger partial charge in [0.2, 0.25) is 5.95 Å². The molecule has 2 rings (SSSR count). The highest BCUT2D eigenvalue weighted by atomic mass is 79.9. The van der Waals surface area contributed by atoms with E-state index in [-0.39, 0.29) is 0 Å². The van der Waals surface area contributed by atoms with Crippen LogP contribution in [0, 0.1) is 0 Å². The molecular weight excluding hydrogens is 326 g/mol. The first-order chi connectivity index (χ1) is 9.06. The summed E-state index contributed by atoms with van der Waals surface area (Å²) in [7, 11) is 1.01. The Balaban J connectivity index is 2.08. The second-order valence-corrected chi connectivity index (χ2v) is 6.45. The van der Waals surface area contributed by atoms with Crippen molar-refractivity contribution in [3.8, 4) is 0 Å². The Morgan fingerprint density at radius 1 is 1.21 bits per heavy atom. The van der Waals surface area contributed by atoms with Crippen molar-refractivity contribution in [2.75, 3.05) is 18.2 Å². The topological polar surface area (TPSA) is 46.1 Å². The van der Waals surface area contributed by atoms with Crippen LogP contribution in [0.25, 0.3) is 0 Å². The molecule has 0 bridgehead atoms. The lowest BCUT2D eigenvalue weighted by Gasteiger charge is -2.16. The standard InChI is InChI=1S/C13H14BrN3OS/c1-17(13-15-7-11(14)8-16-13)9-10-3-5-12(6-4-10)19(2)18/h3-8H,9H2,1-2H3. The molecule has 1 aromatic heterocycles. The molecule has 2 aromatic rings. The SMILES string of the molecule is CN(Cc1ccc(S(C)=O)cc1)c1ncc(Br)cn1. The van der Waals surface area contributed by atoms with Gasteiger partial charge in [0.25, 0.3) is 0 Å². The minimum atomic E-state index is -0.932. The van der Waals surface area contributed by atoms with E-state index in [0.29, 0.717) is 12.5 Å². The molecular formula is C13H14BrN3OS. The van der Waals surface area contributed by atoms with Crippen LogP contribution < -0.4 is 4.90 Å². The number of hydrogen-bond acceptors (Lipinski definition) is 4. The Morgan fingerprint density at radius 3 is 2.32 bits per heavy atom. The first-order valence-corrected chi connectivity index (χ1v) is 8.02. The van der Waals surface area contributed by atoms with E-state index in [1.165, 1.54) is 0 Å². The summed E-state index contributed by atoms with van der Waals surface area (Å²) in [5, 5.41) is 0. The third-order valence-electron chi connectivity index (χ3n) is 2.62. The van der Waals surface area contributed by atoms with E-state index < -0.39 is 10.8 Å².